The number of Topliss-reactive ketones (excluding diaryl/α,β-unsaturated/α-hetero) is 1. The molecule has 0 bridgehead atoms. The molecular formula is C6H10O2. The Morgan fingerprint density at radius 3 is 2.38 bits per heavy atom. The van der Waals surface area contributed by atoms with Crippen molar-refractivity contribution in [2.45, 2.75) is 13.3 Å². The van der Waals surface area contributed by atoms with E-state index in [0.29, 0.717) is 12.0 Å². The Balaban J connectivity index is 3.64. The van der Waals surface area contributed by atoms with Gasteiger partial charge in [-0.25, -0.2) is 0 Å². The van der Waals surface area contributed by atoms with Crippen LogP contribution in [-0.4, -0.2) is 17.5 Å². The Hall–Kier alpha value is -0.630. The maximum absolute atomic E-state index is 10.4. The van der Waals surface area contributed by atoms with Crippen LogP contribution in [0.3, 0.4) is 0 Å². The molecule has 2 nitrogen and oxygen atoms in total. The topological polar surface area (TPSA) is 37.3 Å². The molecule has 0 unspecified atom stereocenters. The summed E-state index contributed by atoms with van der Waals surface area (Å²) in [4.78, 5) is 10.4. The van der Waals surface area contributed by atoms with Crippen molar-refractivity contribution in [2.75, 3.05) is 6.61 Å². The van der Waals surface area contributed by atoms with Crippen molar-refractivity contribution < 1.29 is 9.90 Å². The fourth-order valence-corrected chi connectivity index (χ4v) is 0.309. The minimum atomic E-state index is -0.410. The highest BCUT2D eigenvalue weighted by atomic mass is 16.3. The Morgan fingerprint density at radius 1 is 1.75 bits per heavy atom. The third-order valence-electron chi connectivity index (χ3n) is 0.965. The standard InChI is InChI=1S/C6H10O2/c1-3-5(2)6(8)4-7/h7H,2-4H2,1H3. The summed E-state index contributed by atoms with van der Waals surface area (Å²) in [5, 5.41) is 8.23. The molecule has 0 aliphatic heterocycles. The molecule has 0 atom stereocenters. The molecule has 0 aliphatic rings. The molecule has 0 heterocycles. The van der Waals surface area contributed by atoms with Gasteiger partial charge in [0.2, 0.25) is 0 Å². The summed E-state index contributed by atoms with van der Waals surface area (Å²) in [7, 11) is 0. The van der Waals surface area contributed by atoms with Crippen LogP contribution < -0.4 is 0 Å². The molecule has 1 N–H and O–H groups in total. The number of hydrogen-bond acceptors (Lipinski definition) is 2. The SMILES string of the molecule is C=C(CC)C(=O)CO. The molecule has 0 rings (SSSR count). The van der Waals surface area contributed by atoms with E-state index in [9.17, 15) is 4.79 Å². The van der Waals surface area contributed by atoms with Crippen LogP contribution in [0.15, 0.2) is 12.2 Å². The van der Waals surface area contributed by atoms with Crippen molar-refractivity contribution in [2.24, 2.45) is 0 Å². The summed E-state index contributed by atoms with van der Waals surface area (Å²) in [5.74, 6) is -0.257. The van der Waals surface area contributed by atoms with Gasteiger partial charge in [-0.2, -0.15) is 0 Å². The summed E-state index contributed by atoms with van der Waals surface area (Å²) in [6.07, 6.45) is 0.624. The second kappa shape index (κ2) is 3.38. The molecule has 46 valence electrons. The van der Waals surface area contributed by atoms with E-state index in [-0.39, 0.29) is 5.78 Å². The molecular weight excluding hydrogens is 104 g/mol. The molecule has 0 radical (unpaired) electrons. The van der Waals surface area contributed by atoms with Crippen molar-refractivity contribution in [3.8, 4) is 0 Å². The number of carbonyl (C=O) groups is 1. The zero-order valence-corrected chi connectivity index (χ0v) is 4.98. The summed E-state index contributed by atoms with van der Waals surface area (Å²) >= 11 is 0. The highest BCUT2D eigenvalue weighted by Crippen LogP contribution is 1.95. The van der Waals surface area contributed by atoms with Crippen molar-refractivity contribution in [1.29, 1.82) is 0 Å². The van der Waals surface area contributed by atoms with Gasteiger partial charge in [-0.1, -0.05) is 13.5 Å². The first-order chi connectivity index (χ1) is 3.72. The zero-order valence-electron chi connectivity index (χ0n) is 4.98. The number of carbonyl (C=O) groups excluding carboxylic acids is 1. The van der Waals surface area contributed by atoms with Gasteiger partial charge in [0.1, 0.15) is 6.61 Å². The molecule has 0 aromatic carbocycles. The van der Waals surface area contributed by atoms with Crippen LogP contribution in [0.1, 0.15) is 13.3 Å². The van der Waals surface area contributed by atoms with E-state index < -0.39 is 6.61 Å². The summed E-state index contributed by atoms with van der Waals surface area (Å²) in [5.41, 5.74) is 0.493. The largest absolute Gasteiger partial charge is 0.388 e. The predicted octanol–water partition coefficient (Wildman–Crippen LogP) is 0.514. The van der Waals surface area contributed by atoms with Gasteiger partial charge >= 0.3 is 0 Å². The number of ketones is 1. The average molecular weight is 114 g/mol. The number of aliphatic hydroxyl groups excluding tert-OH is 1. The first kappa shape index (κ1) is 7.37. The number of aliphatic hydroxyl groups is 1. The van der Waals surface area contributed by atoms with E-state index in [1.807, 2.05) is 6.92 Å². The number of hydrogen-bond donors (Lipinski definition) is 1. The lowest BCUT2D eigenvalue weighted by molar-refractivity contribution is -0.118. The van der Waals surface area contributed by atoms with Crippen LogP contribution in [0, 0.1) is 0 Å². The third-order valence-corrected chi connectivity index (χ3v) is 0.965. The maximum atomic E-state index is 10.4. The Labute approximate surface area is 48.8 Å². The molecule has 0 saturated carbocycles. The van der Waals surface area contributed by atoms with Crippen molar-refractivity contribution in [1.82, 2.24) is 0 Å². The Morgan fingerprint density at radius 2 is 2.25 bits per heavy atom. The maximum Gasteiger partial charge on any atom is 0.183 e. The lowest BCUT2D eigenvalue weighted by Crippen LogP contribution is -2.04. The summed E-state index contributed by atoms with van der Waals surface area (Å²) in [6.45, 7) is 4.85. The van der Waals surface area contributed by atoms with Gasteiger partial charge in [-0.15, -0.1) is 0 Å². The lowest BCUT2D eigenvalue weighted by Gasteiger charge is -1.93. The minimum absolute atomic E-state index is 0.257. The molecule has 0 spiro atoms. The van der Waals surface area contributed by atoms with Crippen molar-refractivity contribution in [3.05, 3.63) is 12.2 Å². The first-order valence-corrected chi connectivity index (χ1v) is 2.54. The average Bonchev–Trinajstić information content (AvgIpc) is 1.84. The smallest absolute Gasteiger partial charge is 0.183 e. The van der Waals surface area contributed by atoms with Gasteiger partial charge in [0.05, 0.1) is 0 Å². The van der Waals surface area contributed by atoms with E-state index in [0.717, 1.165) is 0 Å². The zero-order chi connectivity index (χ0) is 6.57. The fourth-order valence-electron chi connectivity index (χ4n) is 0.309. The van der Waals surface area contributed by atoms with Gasteiger partial charge in [-0.3, -0.25) is 4.79 Å². The van der Waals surface area contributed by atoms with E-state index >= 15 is 0 Å². The van der Waals surface area contributed by atoms with Gasteiger partial charge in [0.25, 0.3) is 0 Å². The summed E-state index contributed by atoms with van der Waals surface area (Å²) < 4.78 is 0. The Bertz CT molecular complexity index is 91.1. The predicted molar refractivity (Wildman–Crippen MR) is 31.5 cm³/mol. The van der Waals surface area contributed by atoms with Crippen LogP contribution in [0.4, 0.5) is 0 Å². The highest BCUT2D eigenvalue weighted by molar-refractivity contribution is 5.95. The van der Waals surface area contributed by atoms with E-state index in [1.54, 1.807) is 0 Å². The second-order valence-electron chi connectivity index (χ2n) is 1.54. The first-order valence-electron chi connectivity index (χ1n) is 2.54. The lowest BCUT2D eigenvalue weighted by atomic mass is 10.1. The minimum Gasteiger partial charge on any atom is -0.388 e. The molecule has 0 fully saturated rings. The highest BCUT2D eigenvalue weighted by Gasteiger charge is 1.99. The van der Waals surface area contributed by atoms with Gasteiger partial charge < -0.3 is 5.11 Å². The monoisotopic (exact) mass is 114 g/mol. The third kappa shape index (κ3) is 1.89. The summed E-state index contributed by atoms with van der Waals surface area (Å²) in [6, 6.07) is 0. The molecule has 0 amide bonds. The van der Waals surface area contributed by atoms with Gasteiger partial charge in [0.15, 0.2) is 5.78 Å². The van der Waals surface area contributed by atoms with Crippen molar-refractivity contribution >= 4 is 5.78 Å². The normalized spacial score (nSPS) is 8.75. The second-order valence-corrected chi connectivity index (χ2v) is 1.54. The quantitative estimate of drug-likeness (QED) is 0.543. The molecule has 0 saturated heterocycles. The van der Waals surface area contributed by atoms with Crippen LogP contribution in [0.2, 0.25) is 0 Å². The van der Waals surface area contributed by atoms with Crippen LogP contribution >= 0.6 is 0 Å². The van der Waals surface area contributed by atoms with Gasteiger partial charge in [0, 0.05) is 0 Å². The van der Waals surface area contributed by atoms with E-state index in [1.165, 1.54) is 0 Å². The number of rotatable bonds is 3. The van der Waals surface area contributed by atoms with Crippen LogP contribution in [0.25, 0.3) is 0 Å². The van der Waals surface area contributed by atoms with E-state index in [4.69, 9.17) is 5.11 Å². The Kier molecular flexibility index (Phi) is 3.12. The van der Waals surface area contributed by atoms with Crippen LogP contribution in [0.5, 0.6) is 0 Å². The fraction of sp³-hybridized carbons (Fsp3) is 0.500. The molecule has 0 aromatic rings. The molecule has 0 aromatic heterocycles. The molecule has 0 aliphatic carbocycles. The molecule has 2 heteroatoms. The van der Waals surface area contributed by atoms with Crippen molar-refractivity contribution in [3.63, 3.8) is 0 Å². The van der Waals surface area contributed by atoms with Gasteiger partial charge in [-0.05, 0) is 12.0 Å². The molecule has 8 heavy (non-hydrogen) atoms. The van der Waals surface area contributed by atoms with Crippen LogP contribution in [-0.2, 0) is 4.79 Å². The van der Waals surface area contributed by atoms with E-state index in [2.05, 4.69) is 6.58 Å².